The van der Waals surface area contributed by atoms with Crippen LogP contribution >= 0.6 is 0 Å². The van der Waals surface area contributed by atoms with Crippen LogP contribution in [0.25, 0.3) is 5.69 Å². The maximum absolute atomic E-state index is 4.27. The van der Waals surface area contributed by atoms with Crippen molar-refractivity contribution in [3.8, 4) is 5.69 Å². The number of hydrogen-bond donors (Lipinski definition) is 1. The average Bonchev–Trinajstić information content (AvgIpc) is 3.17. The summed E-state index contributed by atoms with van der Waals surface area (Å²) in [6.45, 7) is 4.12. The first-order valence-electron chi connectivity index (χ1n) is 7.57. The molecular weight excluding hydrogens is 248 g/mol. The normalized spacial score (nSPS) is 14.7. The van der Waals surface area contributed by atoms with Crippen LogP contribution in [-0.4, -0.2) is 21.5 Å². The van der Waals surface area contributed by atoms with Crippen molar-refractivity contribution in [1.29, 1.82) is 0 Å². The summed E-state index contributed by atoms with van der Waals surface area (Å²) < 4.78 is 1.90. The van der Waals surface area contributed by atoms with E-state index >= 15 is 0 Å². The minimum Gasteiger partial charge on any atom is -0.311 e. The largest absolute Gasteiger partial charge is 0.311 e. The van der Waals surface area contributed by atoms with Gasteiger partial charge in [-0.05, 0) is 43.4 Å². The number of aryl methyl sites for hydroxylation is 1. The predicted molar refractivity (Wildman–Crippen MR) is 79.8 cm³/mol. The smallest absolute Gasteiger partial charge is 0.0969 e. The van der Waals surface area contributed by atoms with E-state index in [1.165, 1.54) is 18.4 Å². The molecule has 4 nitrogen and oxygen atoms in total. The van der Waals surface area contributed by atoms with Crippen LogP contribution in [0.4, 0.5) is 0 Å². The third kappa shape index (κ3) is 3.25. The lowest BCUT2D eigenvalue weighted by Crippen LogP contribution is -2.16. The average molecular weight is 270 g/mol. The Labute approximate surface area is 120 Å². The molecule has 1 aliphatic rings. The molecule has 0 saturated heterocycles. The molecule has 0 unspecified atom stereocenters. The first kappa shape index (κ1) is 13.3. The SMILES string of the molecule is CCCc1ccccc1-n1cc(CNCC2CC2)nn1. The minimum absolute atomic E-state index is 0.812. The third-order valence-electron chi connectivity index (χ3n) is 3.73. The monoisotopic (exact) mass is 270 g/mol. The maximum Gasteiger partial charge on any atom is 0.0969 e. The number of nitrogens with one attached hydrogen (secondary N) is 1. The number of aromatic nitrogens is 3. The van der Waals surface area contributed by atoms with Crippen molar-refractivity contribution < 1.29 is 0 Å². The van der Waals surface area contributed by atoms with Crippen LogP contribution < -0.4 is 5.32 Å². The standard InChI is InChI=1S/C16H22N4/c1-2-5-14-6-3-4-7-16(14)20-12-15(18-19-20)11-17-10-13-8-9-13/h3-4,6-7,12-13,17H,2,5,8-11H2,1H3. The molecule has 1 aliphatic carbocycles. The van der Waals surface area contributed by atoms with Gasteiger partial charge in [0, 0.05) is 6.54 Å². The Hall–Kier alpha value is -1.68. The molecule has 0 bridgehead atoms. The highest BCUT2D eigenvalue weighted by atomic mass is 15.4. The molecule has 1 heterocycles. The highest BCUT2D eigenvalue weighted by Crippen LogP contribution is 2.27. The molecule has 0 atom stereocenters. The van der Waals surface area contributed by atoms with Crippen molar-refractivity contribution in [1.82, 2.24) is 20.3 Å². The molecule has 3 rings (SSSR count). The fourth-order valence-corrected chi connectivity index (χ4v) is 2.44. The van der Waals surface area contributed by atoms with Crippen LogP contribution in [0.1, 0.15) is 37.4 Å². The summed E-state index contributed by atoms with van der Waals surface area (Å²) >= 11 is 0. The van der Waals surface area contributed by atoms with Crippen molar-refractivity contribution in [3.05, 3.63) is 41.7 Å². The van der Waals surface area contributed by atoms with Crippen molar-refractivity contribution in [2.24, 2.45) is 5.92 Å². The van der Waals surface area contributed by atoms with Crippen LogP contribution in [0.2, 0.25) is 0 Å². The molecule has 20 heavy (non-hydrogen) atoms. The third-order valence-corrected chi connectivity index (χ3v) is 3.73. The Kier molecular flexibility index (Phi) is 4.11. The van der Waals surface area contributed by atoms with Crippen molar-refractivity contribution >= 4 is 0 Å². The lowest BCUT2D eigenvalue weighted by Gasteiger charge is -2.07. The second-order valence-electron chi connectivity index (χ2n) is 5.61. The fraction of sp³-hybridized carbons (Fsp3) is 0.500. The first-order chi connectivity index (χ1) is 9.86. The van der Waals surface area contributed by atoms with E-state index in [0.717, 1.165) is 43.2 Å². The zero-order valence-corrected chi connectivity index (χ0v) is 12.0. The molecule has 1 aromatic heterocycles. The highest BCUT2D eigenvalue weighted by Gasteiger charge is 2.20. The van der Waals surface area contributed by atoms with E-state index in [-0.39, 0.29) is 0 Å². The number of nitrogens with zero attached hydrogens (tertiary/aromatic N) is 3. The molecule has 0 amide bonds. The minimum atomic E-state index is 0.812. The second-order valence-corrected chi connectivity index (χ2v) is 5.61. The van der Waals surface area contributed by atoms with Gasteiger partial charge in [-0.2, -0.15) is 0 Å². The number of para-hydroxylation sites is 1. The Morgan fingerprint density at radius 3 is 2.95 bits per heavy atom. The van der Waals surface area contributed by atoms with Gasteiger partial charge in [-0.15, -0.1) is 5.10 Å². The molecule has 0 radical (unpaired) electrons. The Morgan fingerprint density at radius 1 is 1.30 bits per heavy atom. The van der Waals surface area contributed by atoms with E-state index in [1.54, 1.807) is 0 Å². The summed E-state index contributed by atoms with van der Waals surface area (Å²) in [5.74, 6) is 0.898. The van der Waals surface area contributed by atoms with E-state index in [1.807, 2.05) is 10.9 Å². The van der Waals surface area contributed by atoms with Gasteiger partial charge in [0.15, 0.2) is 0 Å². The summed E-state index contributed by atoms with van der Waals surface area (Å²) in [5.41, 5.74) is 3.49. The van der Waals surface area contributed by atoms with Crippen LogP contribution in [0.15, 0.2) is 30.5 Å². The molecular formula is C16H22N4. The van der Waals surface area contributed by atoms with Crippen molar-refractivity contribution in [2.75, 3.05) is 6.54 Å². The summed E-state index contributed by atoms with van der Waals surface area (Å²) in [7, 11) is 0. The molecule has 1 saturated carbocycles. The van der Waals surface area contributed by atoms with Crippen LogP contribution in [0.5, 0.6) is 0 Å². The fourth-order valence-electron chi connectivity index (χ4n) is 2.44. The molecule has 2 aromatic rings. The van der Waals surface area contributed by atoms with Crippen LogP contribution in [0, 0.1) is 5.92 Å². The topological polar surface area (TPSA) is 42.7 Å². The molecule has 0 spiro atoms. The predicted octanol–water partition coefficient (Wildman–Crippen LogP) is 2.72. The van der Waals surface area contributed by atoms with E-state index in [0.29, 0.717) is 0 Å². The molecule has 0 aliphatic heterocycles. The number of hydrogen-bond acceptors (Lipinski definition) is 3. The van der Waals surface area contributed by atoms with Crippen molar-refractivity contribution in [2.45, 2.75) is 39.2 Å². The van der Waals surface area contributed by atoms with Gasteiger partial charge in [-0.25, -0.2) is 4.68 Å². The Balaban J connectivity index is 1.68. The summed E-state index contributed by atoms with van der Waals surface area (Å²) in [6.07, 6.45) is 7.01. The lowest BCUT2D eigenvalue weighted by atomic mass is 10.1. The zero-order chi connectivity index (χ0) is 13.8. The van der Waals surface area contributed by atoms with E-state index in [9.17, 15) is 0 Å². The van der Waals surface area contributed by atoms with E-state index in [4.69, 9.17) is 0 Å². The highest BCUT2D eigenvalue weighted by molar-refractivity contribution is 5.40. The van der Waals surface area contributed by atoms with E-state index in [2.05, 4.69) is 46.8 Å². The molecule has 1 N–H and O–H groups in total. The van der Waals surface area contributed by atoms with Gasteiger partial charge in [0.25, 0.3) is 0 Å². The van der Waals surface area contributed by atoms with Crippen molar-refractivity contribution in [3.63, 3.8) is 0 Å². The molecule has 1 fully saturated rings. The molecule has 1 aromatic carbocycles. The van der Waals surface area contributed by atoms with Gasteiger partial charge in [0.1, 0.15) is 0 Å². The van der Waals surface area contributed by atoms with Gasteiger partial charge in [0.05, 0.1) is 17.6 Å². The molecule has 4 heteroatoms. The second kappa shape index (κ2) is 6.18. The quantitative estimate of drug-likeness (QED) is 0.841. The first-order valence-corrected chi connectivity index (χ1v) is 7.57. The maximum atomic E-state index is 4.27. The Morgan fingerprint density at radius 2 is 2.15 bits per heavy atom. The van der Waals surface area contributed by atoms with Gasteiger partial charge >= 0.3 is 0 Å². The molecule has 106 valence electrons. The Bertz CT molecular complexity index is 557. The van der Waals surface area contributed by atoms with Crippen LogP contribution in [-0.2, 0) is 13.0 Å². The summed E-state index contributed by atoms with van der Waals surface area (Å²) in [6, 6.07) is 8.43. The number of benzene rings is 1. The van der Waals surface area contributed by atoms with Gasteiger partial charge in [-0.1, -0.05) is 36.8 Å². The zero-order valence-electron chi connectivity index (χ0n) is 12.0. The number of rotatable bonds is 7. The van der Waals surface area contributed by atoms with Gasteiger partial charge < -0.3 is 5.32 Å². The van der Waals surface area contributed by atoms with Gasteiger partial charge in [0.2, 0.25) is 0 Å². The summed E-state index contributed by atoms with van der Waals surface area (Å²) in [5, 5.41) is 12.0. The van der Waals surface area contributed by atoms with E-state index < -0.39 is 0 Å². The summed E-state index contributed by atoms with van der Waals surface area (Å²) in [4.78, 5) is 0. The van der Waals surface area contributed by atoms with Crippen LogP contribution in [0.3, 0.4) is 0 Å². The lowest BCUT2D eigenvalue weighted by molar-refractivity contribution is 0.628. The van der Waals surface area contributed by atoms with Gasteiger partial charge in [-0.3, -0.25) is 0 Å².